The molecule has 134 valence electrons. The van der Waals surface area contributed by atoms with E-state index in [2.05, 4.69) is 20.2 Å². The van der Waals surface area contributed by atoms with Crippen molar-refractivity contribution in [1.82, 2.24) is 20.2 Å². The molecule has 0 spiro atoms. The molecule has 3 heterocycles. The van der Waals surface area contributed by atoms with Crippen LogP contribution in [0.15, 0.2) is 42.6 Å². The fraction of sp³-hybridized carbons (Fsp3) is 0.368. The van der Waals surface area contributed by atoms with Crippen LogP contribution in [0.5, 0.6) is 0 Å². The molecule has 2 fully saturated rings. The van der Waals surface area contributed by atoms with E-state index in [1.54, 1.807) is 29.3 Å². The van der Waals surface area contributed by atoms with Crippen molar-refractivity contribution >= 4 is 17.6 Å². The highest BCUT2D eigenvalue weighted by atomic mass is 16.2. The molecule has 1 aliphatic heterocycles. The average molecular weight is 351 g/mol. The quantitative estimate of drug-likeness (QED) is 0.899. The summed E-state index contributed by atoms with van der Waals surface area (Å²) in [5, 5.41) is 2.90. The lowest BCUT2D eigenvalue weighted by molar-refractivity contribution is 0.0740. The highest BCUT2D eigenvalue weighted by Crippen LogP contribution is 2.19. The lowest BCUT2D eigenvalue weighted by Crippen LogP contribution is -2.49. The Bertz CT molecular complexity index is 799. The van der Waals surface area contributed by atoms with Crippen LogP contribution in [0.3, 0.4) is 0 Å². The van der Waals surface area contributed by atoms with Crippen molar-refractivity contribution in [2.45, 2.75) is 18.9 Å². The molecule has 26 heavy (non-hydrogen) atoms. The molecule has 1 saturated carbocycles. The maximum Gasteiger partial charge on any atom is 0.272 e. The molecule has 0 radical (unpaired) electrons. The zero-order valence-corrected chi connectivity index (χ0v) is 14.5. The fourth-order valence-electron chi connectivity index (χ4n) is 3.01. The first-order chi connectivity index (χ1) is 12.7. The topological polar surface area (TPSA) is 78.4 Å². The van der Waals surface area contributed by atoms with Crippen molar-refractivity contribution in [2.24, 2.45) is 0 Å². The number of carbonyl (C=O) groups is 2. The van der Waals surface area contributed by atoms with Gasteiger partial charge in [0.1, 0.15) is 17.2 Å². The predicted molar refractivity (Wildman–Crippen MR) is 97.1 cm³/mol. The number of pyridine rings is 2. The summed E-state index contributed by atoms with van der Waals surface area (Å²) in [4.78, 5) is 37.5. The predicted octanol–water partition coefficient (Wildman–Crippen LogP) is 1.33. The van der Waals surface area contributed by atoms with E-state index in [9.17, 15) is 9.59 Å². The molecule has 2 aromatic rings. The van der Waals surface area contributed by atoms with Gasteiger partial charge in [-0.1, -0.05) is 12.1 Å². The molecule has 1 N–H and O–H groups in total. The van der Waals surface area contributed by atoms with Crippen LogP contribution in [-0.4, -0.2) is 58.9 Å². The zero-order chi connectivity index (χ0) is 17.9. The zero-order valence-electron chi connectivity index (χ0n) is 14.5. The van der Waals surface area contributed by atoms with E-state index in [1.165, 1.54) is 0 Å². The van der Waals surface area contributed by atoms with E-state index in [0.717, 1.165) is 31.7 Å². The summed E-state index contributed by atoms with van der Waals surface area (Å²) in [5.74, 6) is 0.588. The minimum absolute atomic E-state index is 0.133. The minimum atomic E-state index is -0.206. The van der Waals surface area contributed by atoms with Crippen LogP contribution in [0.1, 0.15) is 33.8 Å². The maximum atomic E-state index is 12.7. The van der Waals surface area contributed by atoms with Crippen molar-refractivity contribution in [3.05, 3.63) is 54.0 Å². The number of rotatable bonds is 4. The van der Waals surface area contributed by atoms with Crippen LogP contribution < -0.4 is 10.2 Å². The van der Waals surface area contributed by atoms with Crippen molar-refractivity contribution in [3.63, 3.8) is 0 Å². The number of anilines is 1. The van der Waals surface area contributed by atoms with Crippen LogP contribution in [-0.2, 0) is 0 Å². The van der Waals surface area contributed by atoms with Crippen molar-refractivity contribution in [1.29, 1.82) is 0 Å². The van der Waals surface area contributed by atoms with Gasteiger partial charge in [-0.2, -0.15) is 0 Å². The van der Waals surface area contributed by atoms with Gasteiger partial charge >= 0.3 is 0 Å². The van der Waals surface area contributed by atoms with Gasteiger partial charge in [-0.25, -0.2) is 9.97 Å². The summed E-state index contributed by atoms with van der Waals surface area (Å²) in [5.41, 5.74) is 0.620. The van der Waals surface area contributed by atoms with Gasteiger partial charge in [-0.3, -0.25) is 9.59 Å². The van der Waals surface area contributed by atoms with Gasteiger partial charge in [0.05, 0.1) is 0 Å². The molecular formula is C19H21N5O2. The number of carbonyl (C=O) groups excluding carboxylic acids is 2. The molecule has 0 atom stereocenters. The largest absolute Gasteiger partial charge is 0.353 e. The first-order valence-electron chi connectivity index (χ1n) is 8.94. The molecule has 2 amide bonds. The van der Waals surface area contributed by atoms with Crippen LogP contribution in [0.2, 0.25) is 0 Å². The minimum Gasteiger partial charge on any atom is -0.353 e. The number of hydrogen-bond donors (Lipinski definition) is 1. The summed E-state index contributed by atoms with van der Waals surface area (Å²) in [6.07, 6.45) is 3.81. The van der Waals surface area contributed by atoms with E-state index in [0.29, 0.717) is 24.5 Å². The van der Waals surface area contributed by atoms with Crippen molar-refractivity contribution in [3.8, 4) is 0 Å². The van der Waals surface area contributed by atoms with Gasteiger partial charge in [0.15, 0.2) is 0 Å². The SMILES string of the molecule is O=C(NC1CC1)c1cccc(C(=O)N2CCN(c3ccccn3)CC2)n1. The Morgan fingerprint density at radius 1 is 0.962 bits per heavy atom. The summed E-state index contributed by atoms with van der Waals surface area (Å²) in [6, 6.07) is 11.1. The van der Waals surface area contributed by atoms with Gasteiger partial charge in [-0.05, 0) is 37.1 Å². The molecule has 0 unspecified atom stereocenters. The molecule has 1 saturated heterocycles. The van der Waals surface area contributed by atoms with Crippen molar-refractivity contribution < 1.29 is 9.59 Å². The lowest BCUT2D eigenvalue weighted by atomic mass is 10.2. The second-order valence-corrected chi connectivity index (χ2v) is 6.62. The number of nitrogens with zero attached hydrogens (tertiary/aromatic N) is 4. The molecule has 4 rings (SSSR count). The van der Waals surface area contributed by atoms with Gasteiger partial charge in [0, 0.05) is 38.4 Å². The number of nitrogens with one attached hydrogen (secondary N) is 1. The molecule has 2 aliphatic rings. The maximum absolute atomic E-state index is 12.7. The van der Waals surface area contributed by atoms with E-state index in [4.69, 9.17) is 0 Å². The Hall–Kier alpha value is -2.96. The third-order valence-corrected chi connectivity index (χ3v) is 4.65. The normalized spacial score (nSPS) is 17.1. The van der Waals surface area contributed by atoms with Crippen LogP contribution in [0, 0.1) is 0 Å². The average Bonchev–Trinajstić information content (AvgIpc) is 3.52. The summed E-state index contributed by atoms with van der Waals surface area (Å²) in [7, 11) is 0. The van der Waals surface area contributed by atoms with Gasteiger partial charge in [0.25, 0.3) is 11.8 Å². The Kier molecular flexibility index (Phi) is 4.51. The lowest BCUT2D eigenvalue weighted by Gasteiger charge is -2.35. The first kappa shape index (κ1) is 16.5. The molecular weight excluding hydrogens is 330 g/mol. The molecule has 7 nitrogen and oxygen atoms in total. The van der Waals surface area contributed by atoms with Gasteiger partial charge < -0.3 is 15.1 Å². The van der Waals surface area contributed by atoms with E-state index >= 15 is 0 Å². The standard InChI is InChI=1S/C19H21N5O2/c25-18(21-14-7-8-14)15-4-3-5-16(22-15)19(26)24-12-10-23(11-13-24)17-6-1-2-9-20-17/h1-6,9,14H,7-8,10-13H2,(H,21,25). The number of piperazine rings is 1. The van der Waals surface area contributed by atoms with E-state index in [1.807, 2.05) is 18.2 Å². The molecule has 1 aliphatic carbocycles. The smallest absolute Gasteiger partial charge is 0.272 e. The fourth-order valence-corrected chi connectivity index (χ4v) is 3.01. The third kappa shape index (κ3) is 3.66. The van der Waals surface area contributed by atoms with Gasteiger partial charge in [0.2, 0.25) is 0 Å². The molecule has 2 aromatic heterocycles. The third-order valence-electron chi connectivity index (χ3n) is 4.65. The Labute approximate surface area is 152 Å². The number of amides is 2. The Morgan fingerprint density at radius 2 is 1.73 bits per heavy atom. The second-order valence-electron chi connectivity index (χ2n) is 6.62. The Morgan fingerprint density at radius 3 is 2.42 bits per heavy atom. The summed E-state index contributed by atoms with van der Waals surface area (Å²) < 4.78 is 0. The number of aromatic nitrogens is 2. The van der Waals surface area contributed by atoms with Crippen LogP contribution in [0.4, 0.5) is 5.82 Å². The highest BCUT2D eigenvalue weighted by molar-refractivity contribution is 5.96. The van der Waals surface area contributed by atoms with Crippen LogP contribution in [0.25, 0.3) is 0 Å². The summed E-state index contributed by atoms with van der Waals surface area (Å²) >= 11 is 0. The van der Waals surface area contributed by atoms with Crippen LogP contribution >= 0.6 is 0 Å². The monoisotopic (exact) mass is 351 g/mol. The van der Waals surface area contributed by atoms with E-state index < -0.39 is 0 Å². The van der Waals surface area contributed by atoms with E-state index in [-0.39, 0.29) is 17.9 Å². The summed E-state index contributed by atoms with van der Waals surface area (Å²) in [6.45, 7) is 2.67. The Balaban J connectivity index is 1.39. The van der Waals surface area contributed by atoms with Crippen molar-refractivity contribution in [2.75, 3.05) is 31.1 Å². The molecule has 0 aromatic carbocycles. The highest BCUT2D eigenvalue weighted by Gasteiger charge is 2.26. The number of hydrogen-bond acceptors (Lipinski definition) is 5. The molecule has 0 bridgehead atoms. The first-order valence-corrected chi connectivity index (χ1v) is 8.94. The molecule has 7 heteroatoms. The van der Waals surface area contributed by atoms with Gasteiger partial charge in [-0.15, -0.1) is 0 Å². The second kappa shape index (κ2) is 7.11.